The molecular formula is C12H14N2O5. The summed E-state index contributed by atoms with van der Waals surface area (Å²) in [5.41, 5.74) is 0.156. The minimum Gasteiger partial charge on any atom is -0.506 e. The smallest absolute Gasteiger partial charge is 0.328 e. The van der Waals surface area contributed by atoms with Gasteiger partial charge in [0, 0.05) is 19.2 Å². The number of carbonyl (C=O) groups excluding carboxylic acids is 2. The zero-order chi connectivity index (χ0) is 14.0. The van der Waals surface area contributed by atoms with Crippen molar-refractivity contribution in [1.29, 1.82) is 0 Å². The van der Waals surface area contributed by atoms with Gasteiger partial charge in [0.1, 0.15) is 11.8 Å². The van der Waals surface area contributed by atoms with Crippen LogP contribution in [-0.2, 0) is 9.53 Å². The Morgan fingerprint density at radius 3 is 2.84 bits per heavy atom. The second-order valence-corrected chi connectivity index (χ2v) is 4.32. The summed E-state index contributed by atoms with van der Waals surface area (Å²) in [7, 11) is 1.23. The fourth-order valence-corrected chi connectivity index (χ4v) is 2.11. The number of aromatic nitrogens is 1. The van der Waals surface area contributed by atoms with E-state index >= 15 is 0 Å². The van der Waals surface area contributed by atoms with Gasteiger partial charge < -0.3 is 19.8 Å². The van der Waals surface area contributed by atoms with E-state index in [1.165, 1.54) is 30.5 Å². The summed E-state index contributed by atoms with van der Waals surface area (Å²) in [6, 6.07) is 0.448. The lowest BCUT2D eigenvalue weighted by atomic mass is 10.2. The molecule has 0 radical (unpaired) electrons. The number of likely N-dealkylation sites (tertiary alicyclic amines) is 1. The number of rotatable bonds is 2. The number of esters is 1. The van der Waals surface area contributed by atoms with Gasteiger partial charge in [0.25, 0.3) is 5.91 Å². The van der Waals surface area contributed by atoms with Crippen LogP contribution in [0.2, 0.25) is 0 Å². The predicted octanol–water partition coefficient (Wildman–Crippen LogP) is -0.464. The molecule has 2 unspecified atom stereocenters. The van der Waals surface area contributed by atoms with E-state index in [2.05, 4.69) is 9.72 Å². The summed E-state index contributed by atoms with van der Waals surface area (Å²) in [5, 5.41) is 18.9. The third-order valence-electron chi connectivity index (χ3n) is 2.98. The van der Waals surface area contributed by atoms with Crippen LogP contribution >= 0.6 is 0 Å². The first kappa shape index (κ1) is 13.3. The summed E-state index contributed by atoms with van der Waals surface area (Å²) in [6.07, 6.45) is 1.87. The van der Waals surface area contributed by atoms with Crippen LogP contribution in [0, 0.1) is 0 Å². The van der Waals surface area contributed by atoms with E-state index in [9.17, 15) is 19.8 Å². The molecule has 1 fully saturated rings. The Morgan fingerprint density at radius 2 is 2.21 bits per heavy atom. The molecule has 0 spiro atoms. The zero-order valence-corrected chi connectivity index (χ0v) is 10.3. The number of aliphatic hydroxyl groups is 1. The minimum atomic E-state index is -0.810. The number of hydrogen-bond donors (Lipinski definition) is 2. The van der Waals surface area contributed by atoms with E-state index in [-0.39, 0.29) is 24.3 Å². The van der Waals surface area contributed by atoms with Gasteiger partial charge in [0.2, 0.25) is 0 Å². The molecular weight excluding hydrogens is 252 g/mol. The van der Waals surface area contributed by atoms with Crippen molar-refractivity contribution < 1.29 is 24.5 Å². The zero-order valence-electron chi connectivity index (χ0n) is 10.3. The fraction of sp³-hybridized carbons (Fsp3) is 0.417. The highest BCUT2D eigenvalue weighted by Gasteiger charge is 2.40. The summed E-state index contributed by atoms with van der Waals surface area (Å²) in [5.74, 6) is -1.19. The molecule has 102 valence electrons. The number of aliphatic hydroxyl groups excluding tert-OH is 1. The van der Waals surface area contributed by atoms with Crippen LogP contribution in [0.1, 0.15) is 16.8 Å². The lowest BCUT2D eigenvalue weighted by Crippen LogP contribution is -2.41. The number of pyridine rings is 1. The van der Waals surface area contributed by atoms with Gasteiger partial charge in [-0.25, -0.2) is 4.79 Å². The number of nitrogens with zero attached hydrogens (tertiary/aromatic N) is 2. The average Bonchev–Trinajstić information content (AvgIpc) is 2.79. The monoisotopic (exact) mass is 266 g/mol. The molecule has 1 saturated heterocycles. The molecule has 1 aromatic rings. The summed E-state index contributed by atoms with van der Waals surface area (Å²) in [6.45, 7) is 0.0499. The standard InChI is InChI=1S/C12H14N2O5/c1-19-12(18)10-3-9(16)6-14(10)11(17)7-2-8(15)5-13-4-7/h2,4-5,9-10,15-16H,3,6H2,1H3. The van der Waals surface area contributed by atoms with Crippen molar-refractivity contribution >= 4 is 11.9 Å². The minimum absolute atomic E-state index is 0.0499. The SMILES string of the molecule is COC(=O)C1CC(O)CN1C(=O)c1cncc(O)c1. The molecule has 1 aliphatic rings. The van der Waals surface area contributed by atoms with Crippen molar-refractivity contribution in [2.45, 2.75) is 18.6 Å². The highest BCUT2D eigenvalue weighted by atomic mass is 16.5. The number of amides is 1. The van der Waals surface area contributed by atoms with Gasteiger partial charge in [-0.05, 0) is 6.07 Å². The molecule has 2 atom stereocenters. The first-order chi connectivity index (χ1) is 9.02. The molecule has 0 bridgehead atoms. The van der Waals surface area contributed by atoms with Gasteiger partial charge in [-0.15, -0.1) is 0 Å². The van der Waals surface area contributed by atoms with Crippen molar-refractivity contribution in [3.05, 3.63) is 24.0 Å². The third kappa shape index (κ3) is 2.65. The Kier molecular flexibility index (Phi) is 3.66. The quantitative estimate of drug-likeness (QED) is 0.702. The number of ether oxygens (including phenoxy) is 1. The molecule has 2 heterocycles. The molecule has 1 amide bonds. The van der Waals surface area contributed by atoms with Crippen molar-refractivity contribution in [3.63, 3.8) is 0 Å². The van der Waals surface area contributed by atoms with Gasteiger partial charge in [-0.2, -0.15) is 0 Å². The molecule has 2 N–H and O–H groups in total. The Bertz CT molecular complexity index is 505. The number of β-amino-alcohol motifs (C(OH)–C–C–N with tert-alkyl or cyclic N) is 1. The number of aromatic hydroxyl groups is 1. The van der Waals surface area contributed by atoms with Gasteiger partial charge in [0.15, 0.2) is 0 Å². The third-order valence-corrected chi connectivity index (χ3v) is 2.98. The second kappa shape index (κ2) is 5.23. The number of carbonyl (C=O) groups is 2. The van der Waals surface area contributed by atoms with E-state index in [0.717, 1.165) is 0 Å². The maximum Gasteiger partial charge on any atom is 0.328 e. The molecule has 0 saturated carbocycles. The van der Waals surface area contributed by atoms with E-state index in [1.807, 2.05) is 0 Å². The fourth-order valence-electron chi connectivity index (χ4n) is 2.11. The average molecular weight is 266 g/mol. The highest BCUT2D eigenvalue weighted by Crippen LogP contribution is 2.22. The Morgan fingerprint density at radius 1 is 1.47 bits per heavy atom. The maximum atomic E-state index is 12.2. The summed E-state index contributed by atoms with van der Waals surface area (Å²) in [4.78, 5) is 28.8. The molecule has 1 aliphatic heterocycles. The number of hydrogen-bond acceptors (Lipinski definition) is 6. The van der Waals surface area contributed by atoms with E-state index < -0.39 is 24.0 Å². The lowest BCUT2D eigenvalue weighted by molar-refractivity contribution is -0.145. The second-order valence-electron chi connectivity index (χ2n) is 4.32. The van der Waals surface area contributed by atoms with Gasteiger partial charge in [0.05, 0.1) is 25.0 Å². The van der Waals surface area contributed by atoms with Gasteiger partial charge >= 0.3 is 5.97 Å². The van der Waals surface area contributed by atoms with Crippen LogP contribution in [-0.4, -0.2) is 57.8 Å². The first-order valence-electron chi connectivity index (χ1n) is 5.73. The van der Waals surface area contributed by atoms with Crippen LogP contribution in [0.5, 0.6) is 5.75 Å². The van der Waals surface area contributed by atoms with Crippen LogP contribution in [0.25, 0.3) is 0 Å². The Labute approximate surface area is 109 Å². The van der Waals surface area contributed by atoms with E-state index in [4.69, 9.17) is 0 Å². The number of methoxy groups -OCH3 is 1. The van der Waals surface area contributed by atoms with Crippen LogP contribution in [0.15, 0.2) is 18.5 Å². The Balaban J connectivity index is 2.24. The normalized spacial score (nSPS) is 22.3. The first-order valence-corrected chi connectivity index (χ1v) is 5.73. The summed E-state index contributed by atoms with van der Waals surface area (Å²) < 4.78 is 4.61. The maximum absolute atomic E-state index is 12.2. The van der Waals surface area contributed by atoms with Crippen LogP contribution in [0.4, 0.5) is 0 Å². The van der Waals surface area contributed by atoms with Gasteiger partial charge in [-0.3, -0.25) is 9.78 Å². The lowest BCUT2D eigenvalue weighted by Gasteiger charge is -2.22. The van der Waals surface area contributed by atoms with E-state index in [0.29, 0.717) is 0 Å². The Hall–Kier alpha value is -2.15. The van der Waals surface area contributed by atoms with Crippen molar-refractivity contribution in [2.24, 2.45) is 0 Å². The molecule has 0 aromatic carbocycles. The van der Waals surface area contributed by atoms with Crippen LogP contribution in [0.3, 0.4) is 0 Å². The van der Waals surface area contributed by atoms with Crippen molar-refractivity contribution in [1.82, 2.24) is 9.88 Å². The largest absolute Gasteiger partial charge is 0.506 e. The topological polar surface area (TPSA) is 100.0 Å². The summed E-state index contributed by atoms with van der Waals surface area (Å²) >= 11 is 0. The van der Waals surface area contributed by atoms with E-state index in [1.54, 1.807) is 0 Å². The molecule has 7 heteroatoms. The predicted molar refractivity (Wildman–Crippen MR) is 63.4 cm³/mol. The van der Waals surface area contributed by atoms with Gasteiger partial charge in [-0.1, -0.05) is 0 Å². The van der Waals surface area contributed by atoms with Crippen molar-refractivity contribution in [3.8, 4) is 5.75 Å². The molecule has 19 heavy (non-hydrogen) atoms. The molecule has 7 nitrogen and oxygen atoms in total. The molecule has 2 rings (SSSR count). The highest BCUT2D eigenvalue weighted by molar-refractivity contribution is 5.97. The molecule has 0 aliphatic carbocycles. The molecule has 1 aromatic heterocycles. The van der Waals surface area contributed by atoms with Crippen LogP contribution < -0.4 is 0 Å². The van der Waals surface area contributed by atoms with Crippen molar-refractivity contribution in [2.75, 3.05) is 13.7 Å².